The highest BCUT2D eigenvalue weighted by molar-refractivity contribution is 7.07. The zero-order chi connectivity index (χ0) is 11.5. The summed E-state index contributed by atoms with van der Waals surface area (Å²) in [5, 5.41) is 14.2. The summed E-state index contributed by atoms with van der Waals surface area (Å²) in [5.41, 5.74) is 2.12. The van der Waals surface area contributed by atoms with Gasteiger partial charge in [0.15, 0.2) is 0 Å². The fourth-order valence-electron chi connectivity index (χ4n) is 1.03. The zero-order valence-electron chi connectivity index (χ0n) is 7.88. The van der Waals surface area contributed by atoms with Crippen LogP contribution in [-0.4, -0.2) is 32.8 Å². The van der Waals surface area contributed by atoms with E-state index in [4.69, 9.17) is 9.63 Å². The molecule has 0 radical (unpaired) electrons. The van der Waals surface area contributed by atoms with Gasteiger partial charge in [-0.2, -0.15) is 4.98 Å². The molecule has 2 aromatic heterocycles. The van der Waals surface area contributed by atoms with Crippen molar-refractivity contribution in [2.45, 2.75) is 19.0 Å². The molecule has 2 heterocycles. The predicted molar refractivity (Wildman–Crippen MR) is 51.1 cm³/mol. The second-order valence-electron chi connectivity index (χ2n) is 2.99. The molecule has 0 aliphatic carbocycles. The van der Waals surface area contributed by atoms with E-state index in [1.54, 1.807) is 10.9 Å². The number of hydrogen-bond donors (Lipinski definition) is 1. The summed E-state index contributed by atoms with van der Waals surface area (Å²) >= 11 is 1.36. The van der Waals surface area contributed by atoms with Crippen molar-refractivity contribution in [2.75, 3.05) is 0 Å². The van der Waals surface area contributed by atoms with Gasteiger partial charge in [-0.3, -0.25) is 0 Å². The molecule has 0 aromatic carbocycles. The summed E-state index contributed by atoms with van der Waals surface area (Å²) in [4.78, 5) is 7.79. The molecule has 0 spiro atoms. The minimum absolute atomic E-state index is 0.0317. The van der Waals surface area contributed by atoms with Gasteiger partial charge in [0.25, 0.3) is 6.43 Å². The number of rotatable bonds is 4. The number of thiazole rings is 1. The first-order valence-electron chi connectivity index (χ1n) is 4.34. The minimum Gasteiger partial charge on any atom is -0.387 e. The summed E-state index contributed by atoms with van der Waals surface area (Å²) in [6, 6.07) is 0. The quantitative estimate of drug-likeness (QED) is 0.883. The molecule has 1 unspecified atom stereocenters. The lowest BCUT2D eigenvalue weighted by Crippen LogP contribution is -2.20. The largest absolute Gasteiger partial charge is 0.387 e. The van der Waals surface area contributed by atoms with Crippen LogP contribution in [0.4, 0.5) is 8.78 Å². The molecule has 86 valence electrons. The van der Waals surface area contributed by atoms with E-state index in [0.717, 1.165) is 0 Å². The Bertz CT molecular complexity index is 446. The van der Waals surface area contributed by atoms with Crippen LogP contribution in [0.1, 0.15) is 5.89 Å². The molecule has 0 amide bonds. The molecule has 2 rings (SSSR count). The first-order chi connectivity index (χ1) is 7.66. The molecular weight excluding hydrogens is 240 g/mol. The van der Waals surface area contributed by atoms with Gasteiger partial charge in [0, 0.05) is 5.38 Å². The smallest absolute Gasteiger partial charge is 0.264 e. The fraction of sp³-hybridized carbons (Fsp3) is 0.375. The number of halogens is 2. The van der Waals surface area contributed by atoms with Crippen LogP contribution in [0.2, 0.25) is 0 Å². The SMILES string of the molecule is OC(Cc1nc(-c2cscn2)no1)C(F)F. The Morgan fingerprint density at radius 3 is 2.94 bits per heavy atom. The molecule has 0 bridgehead atoms. The van der Waals surface area contributed by atoms with Gasteiger partial charge in [0.1, 0.15) is 11.8 Å². The molecular formula is C8H7F2N3O2S. The first-order valence-corrected chi connectivity index (χ1v) is 5.28. The number of hydrogen-bond acceptors (Lipinski definition) is 6. The Balaban J connectivity index is 2.08. The van der Waals surface area contributed by atoms with Crippen molar-refractivity contribution in [3.8, 4) is 11.5 Å². The van der Waals surface area contributed by atoms with Gasteiger partial charge in [0.2, 0.25) is 11.7 Å². The molecule has 0 saturated heterocycles. The van der Waals surface area contributed by atoms with Gasteiger partial charge in [-0.05, 0) is 0 Å². The van der Waals surface area contributed by atoms with Gasteiger partial charge in [-0.15, -0.1) is 11.3 Å². The van der Waals surface area contributed by atoms with Crippen molar-refractivity contribution in [1.29, 1.82) is 0 Å². The lowest BCUT2D eigenvalue weighted by Gasteiger charge is -2.04. The summed E-state index contributed by atoms with van der Waals surface area (Å²) in [6.07, 6.45) is -4.98. The van der Waals surface area contributed by atoms with E-state index < -0.39 is 12.5 Å². The van der Waals surface area contributed by atoms with Gasteiger partial charge >= 0.3 is 0 Å². The summed E-state index contributed by atoms with van der Waals surface area (Å²) < 4.78 is 28.8. The van der Waals surface area contributed by atoms with E-state index >= 15 is 0 Å². The third-order valence-corrected chi connectivity index (χ3v) is 2.39. The Morgan fingerprint density at radius 1 is 1.50 bits per heavy atom. The summed E-state index contributed by atoms with van der Waals surface area (Å²) in [6.45, 7) is 0. The van der Waals surface area contributed by atoms with Gasteiger partial charge in [-0.1, -0.05) is 5.16 Å². The third-order valence-electron chi connectivity index (χ3n) is 1.80. The molecule has 8 heteroatoms. The van der Waals surface area contributed by atoms with Gasteiger partial charge in [-0.25, -0.2) is 13.8 Å². The average molecular weight is 247 g/mol. The molecule has 5 nitrogen and oxygen atoms in total. The van der Waals surface area contributed by atoms with Gasteiger partial charge < -0.3 is 9.63 Å². The second-order valence-corrected chi connectivity index (χ2v) is 3.71. The summed E-state index contributed by atoms with van der Waals surface area (Å²) in [5.74, 6) is 0.202. The molecule has 2 aromatic rings. The van der Waals surface area contributed by atoms with E-state index in [-0.39, 0.29) is 18.1 Å². The van der Waals surface area contributed by atoms with E-state index in [9.17, 15) is 8.78 Å². The fourth-order valence-corrected chi connectivity index (χ4v) is 1.56. The van der Waals surface area contributed by atoms with Crippen molar-refractivity contribution in [1.82, 2.24) is 15.1 Å². The van der Waals surface area contributed by atoms with Crippen LogP contribution in [-0.2, 0) is 6.42 Å². The Morgan fingerprint density at radius 2 is 2.31 bits per heavy atom. The summed E-state index contributed by atoms with van der Waals surface area (Å²) in [7, 11) is 0. The highest BCUT2D eigenvalue weighted by atomic mass is 32.1. The number of aliphatic hydroxyl groups is 1. The molecule has 1 N–H and O–H groups in total. The van der Waals surface area contributed by atoms with Crippen molar-refractivity contribution in [3.63, 3.8) is 0 Å². The van der Waals surface area contributed by atoms with Crippen LogP contribution in [0.5, 0.6) is 0 Å². The van der Waals surface area contributed by atoms with Crippen molar-refractivity contribution in [3.05, 3.63) is 16.8 Å². The van der Waals surface area contributed by atoms with Crippen molar-refractivity contribution < 1.29 is 18.4 Å². The second kappa shape index (κ2) is 4.62. The number of nitrogens with zero attached hydrogens (tertiary/aromatic N) is 3. The molecule has 16 heavy (non-hydrogen) atoms. The zero-order valence-corrected chi connectivity index (χ0v) is 8.69. The number of alkyl halides is 2. The van der Waals surface area contributed by atoms with Crippen molar-refractivity contribution in [2.24, 2.45) is 0 Å². The van der Waals surface area contributed by atoms with Gasteiger partial charge in [0.05, 0.1) is 11.9 Å². The molecule has 0 saturated carbocycles. The Labute approximate surface area is 92.8 Å². The Hall–Kier alpha value is -1.41. The van der Waals surface area contributed by atoms with E-state index in [2.05, 4.69) is 15.1 Å². The topological polar surface area (TPSA) is 72.0 Å². The van der Waals surface area contributed by atoms with Crippen LogP contribution < -0.4 is 0 Å². The normalized spacial score (nSPS) is 13.2. The number of aliphatic hydroxyl groups excluding tert-OH is 1. The van der Waals surface area contributed by atoms with Crippen LogP contribution in [0, 0.1) is 0 Å². The van der Waals surface area contributed by atoms with Crippen LogP contribution >= 0.6 is 11.3 Å². The van der Waals surface area contributed by atoms with Crippen LogP contribution in [0.15, 0.2) is 15.4 Å². The molecule has 0 aliphatic rings. The minimum atomic E-state index is -2.82. The monoisotopic (exact) mass is 247 g/mol. The maximum atomic E-state index is 12.0. The first kappa shape index (κ1) is 11.1. The van der Waals surface area contributed by atoms with E-state index in [1.807, 2.05) is 0 Å². The van der Waals surface area contributed by atoms with Crippen LogP contribution in [0.3, 0.4) is 0 Å². The standard InChI is InChI=1S/C8H7F2N3O2S/c9-7(10)5(14)1-6-12-8(13-15-6)4-2-16-3-11-4/h2-3,5,7,14H,1H2. The van der Waals surface area contributed by atoms with E-state index in [0.29, 0.717) is 5.69 Å². The number of aromatic nitrogens is 3. The molecule has 1 atom stereocenters. The van der Waals surface area contributed by atoms with Crippen molar-refractivity contribution >= 4 is 11.3 Å². The maximum absolute atomic E-state index is 12.0. The third kappa shape index (κ3) is 2.39. The lowest BCUT2D eigenvalue weighted by molar-refractivity contribution is -0.00754. The maximum Gasteiger partial charge on any atom is 0.264 e. The molecule has 0 aliphatic heterocycles. The Kier molecular flexibility index (Phi) is 3.20. The van der Waals surface area contributed by atoms with Crippen LogP contribution in [0.25, 0.3) is 11.5 Å². The predicted octanol–water partition coefficient (Wildman–Crippen LogP) is 1.36. The molecule has 0 fully saturated rings. The van der Waals surface area contributed by atoms with E-state index in [1.165, 1.54) is 11.3 Å². The highest BCUT2D eigenvalue weighted by Crippen LogP contribution is 2.16. The highest BCUT2D eigenvalue weighted by Gasteiger charge is 2.21. The lowest BCUT2D eigenvalue weighted by atomic mass is 10.2. The average Bonchev–Trinajstić information content (AvgIpc) is 2.85.